The summed E-state index contributed by atoms with van der Waals surface area (Å²) < 4.78 is 6.26. The molecule has 228 valence electrons. The molecule has 0 fully saturated rings. The lowest BCUT2D eigenvalue weighted by Crippen LogP contribution is -2.01. The van der Waals surface area contributed by atoms with Crippen molar-refractivity contribution < 1.29 is 4.42 Å². The Bertz CT molecular complexity index is 2890. The van der Waals surface area contributed by atoms with E-state index in [1.54, 1.807) is 0 Å². The number of hydrogen-bond donors (Lipinski definition) is 0. The van der Waals surface area contributed by atoms with E-state index in [4.69, 9.17) is 19.4 Å². The third kappa shape index (κ3) is 4.42. The Morgan fingerprint density at radius 2 is 0.939 bits per heavy atom. The third-order valence-electron chi connectivity index (χ3n) is 9.52. The summed E-state index contributed by atoms with van der Waals surface area (Å²) in [6.07, 6.45) is 0. The molecule has 0 unspecified atom stereocenters. The van der Waals surface area contributed by atoms with E-state index in [2.05, 4.69) is 103 Å². The van der Waals surface area contributed by atoms with Crippen molar-refractivity contribution in [2.45, 2.75) is 0 Å². The highest BCUT2D eigenvalue weighted by Gasteiger charge is 2.20. The largest absolute Gasteiger partial charge is 0.456 e. The van der Waals surface area contributed by atoms with Gasteiger partial charge in [0.15, 0.2) is 17.5 Å². The summed E-state index contributed by atoms with van der Waals surface area (Å²) in [5.41, 5.74) is 6.63. The zero-order valence-corrected chi connectivity index (χ0v) is 26.3. The number of para-hydroxylation sites is 1. The number of rotatable bonds is 4. The van der Waals surface area contributed by atoms with Crippen molar-refractivity contribution in [1.29, 1.82) is 0 Å². The molecule has 0 spiro atoms. The fraction of sp³-hybridized carbons (Fsp3) is 0. The van der Waals surface area contributed by atoms with Crippen LogP contribution in [0, 0.1) is 0 Å². The van der Waals surface area contributed by atoms with Gasteiger partial charge in [0.05, 0.1) is 0 Å². The van der Waals surface area contributed by atoms with Gasteiger partial charge < -0.3 is 4.42 Å². The fourth-order valence-electron chi connectivity index (χ4n) is 7.30. The van der Waals surface area contributed by atoms with Gasteiger partial charge in [-0.25, -0.2) is 15.0 Å². The Labute approximate surface area is 282 Å². The highest BCUT2D eigenvalue weighted by molar-refractivity contribution is 6.23. The maximum Gasteiger partial charge on any atom is 0.164 e. The molecule has 0 aliphatic heterocycles. The molecule has 0 N–H and O–H groups in total. The molecule has 49 heavy (non-hydrogen) atoms. The van der Waals surface area contributed by atoms with Crippen molar-refractivity contribution in [3.63, 3.8) is 0 Å². The molecule has 0 atom stereocenters. The maximum atomic E-state index is 6.26. The Balaban J connectivity index is 1.28. The SMILES string of the molecule is c1ccc(-c2nc(-c3ccccc3-c3cc4ccccc4c4ccc5ccccc5c34)nc(-c3cccc4oc5ccccc5c34)n2)cc1. The molecule has 10 rings (SSSR count). The third-order valence-corrected chi connectivity index (χ3v) is 9.52. The van der Waals surface area contributed by atoms with Crippen LogP contribution in [-0.2, 0) is 0 Å². The molecule has 4 nitrogen and oxygen atoms in total. The molecule has 2 aromatic heterocycles. The van der Waals surface area contributed by atoms with Crippen molar-refractivity contribution in [3.8, 4) is 45.3 Å². The van der Waals surface area contributed by atoms with E-state index in [1.165, 1.54) is 32.3 Å². The van der Waals surface area contributed by atoms with Crippen LogP contribution in [0.1, 0.15) is 0 Å². The summed E-state index contributed by atoms with van der Waals surface area (Å²) in [5, 5.41) is 9.32. The van der Waals surface area contributed by atoms with Gasteiger partial charge in [0.1, 0.15) is 11.2 Å². The normalized spacial score (nSPS) is 11.7. The Morgan fingerprint density at radius 3 is 1.80 bits per heavy atom. The summed E-state index contributed by atoms with van der Waals surface area (Å²) in [6.45, 7) is 0. The van der Waals surface area contributed by atoms with Gasteiger partial charge in [0, 0.05) is 27.5 Å². The average molecular weight is 626 g/mol. The lowest BCUT2D eigenvalue weighted by atomic mass is 9.88. The number of furan rings is 1. The smallest absolute Gasteiger partial charge is 0.164 e. The first-order valence-electron chi connectivity index (χ1n) is 16.5. The average Bonchev–Trinajstić information content (AvgIpc) is 3.56. The summed E-state index contributed by atoms with van der Waals surface area (Å²) in [5.74, 6) is 1.84. The highest BCUT2D eigenvalue weighted by Crippen LogP contribution is 2.43. The van der Waals surface area contributed by atoms with Crippen LogP contribution >= 0.6 is 0 Å². The predicted octanol–water partition coefficient (Wildman–Crippen LogP) is 11.9. The van der Waals surface area contributed by atoms with Crippen LogP contribution in [0.2, 0.25) is 0 Å². The van der Waals surface area contributed by atoms with Gasteiger partial charge in [-0.2, -0.15) is 0 Å². The molecule has 0 saturated carbocycles. The molecular weight excluding hydrogens is 599 g/mol. The number of benzene rings is 8. The quantitative estimate of drug-likeness (QED) is 0.183. The highest BCUT2D eigenvalue weighted by atomic mass is 16.3. The van der Waals surface area contributed by atoms with Crippen LogP contribution in [-0.4, -0.2) is 15.0 Å². The van der Waals surface area contributed by atoms with Gasteiger partial charge in [-0.3, -0.25) is 0 Å². The number of aromatic nitrogens is 3. The standard InChI is InChI=1S/C45H27N3O/c1-2-14-29(15-3-1)43-46-44(48-45(47-43)37-22-12-24-40-42(37)36-21-10-11-23-39(36)49-40)35-20-9-8-19-33(35)38-27-30-16-5-6-17-31(30)34-26-25-28-13-4-7-18-32(28)41(34)38/h1-27H. The van der Waals surface area contributed by atoms with Crippen molar-refractivity contribution in [2.75, 3.05) is 0 Å². The van der Waals surface area contributed by atoms with Crippen LogP contribution in [0.4, 0.5) is 0 Å². The first kappa shape index (κ1) is 27.5. The molecule has 8 aromatic carbocycles. The minimum Gasteiger partial charge on any atom is -0.456 e. The van der Waals surface area contributed by atoms with Gasteiger partial charge in [-0.05, 0) is 61.6 Å². The minimum atomic E-state index is 0.602. The van der Waals surface area contributed by atoms with Gasteiger partial charge in [0.25, 0.3) is 0 Å². The maximum absolute atomic E-state index is 6.26. The molecular formula is C45H27N3O. The van der Waals surface area contributed by atoms with Crippen molar-refractivity contribution >= 4 is 54.3 Å². The summed E-state index contributed by atoms with van der Waals surface area (Å²) in [6, 6.07) is 56.9. The second-order valence-corrected chi connectivity index (χ2v) is 12.3. The lowest BCUT2D eigenvalue weighted by Gasteiger charge is -2.17. The summed E-state index contributed by atoms with van der Waals surface area (Å²) >= 11 is 0. The van der Waals surface area contributed by atoms with E-state index in [0.717, 1.165) is 49.8 Å². The van der Waals surface area contributed by atoms with Gasteiger partial charge >= 0.3 is 0 Å². The zero-order valence-electron chi connectivity index (χ0n) is 26.3. The van der Waals surface area contributed by atoms with Crippen molar-refractivity contribution in [1.82, 2.24) is 15.0 Å². The van der Waals surface area contributed by atoms with E-state index >= 15 is 0 Å². The Kier molecular flexibility index (Phi) is 6.15. The molecule has 0 aliphatic rings. The van der Waals surface area contributed by atoms with Crippen molar-refractivity contribution in [2.24, 2.45) is 0 Å². The lowest BCUT2D eigenvalue weighted by molar-refractivity contribution is 0.669. The topological polar surface area (TPSA) is 51.8 Å². The molecule has 4 heteroatoms. The van der Waals surface area contributed by atoms with Crippen LogP contribution in [0.15, 0.2) is 168 Å². The number of fused-ring (bicyclic) bond motifs is 8. The van der Waals surface area contributed by atoms with Crippen LogP contribution in [0.25, 0.3) is 99.5 Å². The molecule has 0 radical (unpaired) electrons. The van der Waals surface area contributed by atoms with E-state index < -0.39 is 0 Å². The Hall–Kier alpha value is -6.65. The molecule has 10 aromatic rings. The summed E-state index contributed by atoms with van der Waals surface area (Å²) in [7, 11) is 0. The first-order chi connectivity index (χ1) is 24.3. The molecule has 0 saturated heterocycles. The van der Waals surface area contributed by atoms with Gasteiger partial charge in [-0.1, -0.05) is 146 Å². The number of hydrogen-bond acceptors (Lipinski definition) is 4. The monoisotopic (exact) mass is 625 g/mol. The van der Waals surface area contributed by atoms with E-state index in [1.807, 2.05) is 60.7 Å². The minimum absolute atomic E-state index is 0.602. The van der Waals surface area contributed by atoms with Gasteiger partial charge in [0.2, 0.25) is 0 Å². The predicted molar refractivity (Wildman–Crippen MR) is 201 cm³/mol. The number of nitrogens with zero attached hydrogens (tertiary/aromatic N) is 3. The second-order valence-electron chi connectivity index (χ2n) is 12.3. The first-order valence-corrected chi connectivity index (χ1v) is 16.5. The zero-order chi connectivity index (χ0) is 32.3. The van der Waals surface area contributed by atoms with Crippen LogP contribution in [0.3, 0.4) is 0 Å². The van der Waals surface area contributed by atoms with E-state index in [9.17, 15) is 0 Å². The molecule has 0 bridgehead atoms. The molecule has 0 amide bonds. The molecule has 2 heterocycles. The second kappa shape index (κ2) is 11.0. The fourth-order valence-corrected chi connectivity index (χ4v) is 7.30. The van der Waals surface area contributed by atoms with Crippen molar-refractivity contribution in [3.05, 3.63) is 164 Å². The molecule has 0 aliphatic carbocycles. The van der Waals surface area contributed by atoms with Crippen LogP contribution in [0.5, 0.6) is 0 Å². The van der Waals surface area contributed by atoms with Crippen LogP contribution < -0.4 is 0 Å². The van der Waals surface area contributed by atoms with Gasteiger partial charge in [-0.15, -0.1) is 0 Å². The Morgan fingerprint density at radius 1 is 0.327 bits per heavy atom. The van der Waals surface area contributed by atoms with E-state index in [-0.39, 0.29) is 0 Å². The summed E-state index contributed by atoms with van der Waals surface area (Å²) in [4.78, 5) is 15.5. The van der Waals surface area contributed by atoms with E-state index in [0.29, 0.717) is 17.5 Å².